The molecule has 0 aliphatic carbocycles. The molecule has 0 N–H and O–H groups in total. The zero-order chi connectivity index (χ0) is 14.7. The number of nitrogens with zero attached hydrogens (tertiary/aromatic N) is 4. The zero-order valence-corrected chi connectivity index (χ0v) is 11.5. The summed E-state index contributed by atoms with van der Waals surface area (Å²) < 4.78 is 1.69. The molecule has 4 heterocycles. The second-order valence-corrected chi connectivity index (χ2v) is 5.39. The molecule has 0 spiro atoms. The second kappa shape index (κ2) is 3.98. The van der Waals surface area contributed by atoms with E-state index in [2.05, 4.69) is 15.0 Å². The van der Waals surface area contributed by atoms with Gasteiger partial charge in [0.05, 0.1) is 17.4 Å². The average Bonchev–Trinajstić information content (AvgIpc) is 2.91. The maximum Gasteiger partial charge on any atom is 0.262 e. The van der Waals surface area contributed by atoms with Gasteiger partial charge in [0.1, 0.15) is 5.69 Å². The fourth-order valence-corrected chi connectivity index (χ4v) is 3.03. The van der Waals surface area contributed by atoms with Gasteiger partial charge in [0.15, 0.2) is 11.5 Å². The van der Waals surface area contributed by atoms with Crippen molar-refractivity contribution < 1.29 is 0 Å². The van der Waals surface area contributed by atoms with Crippen LogP contribution >= 0.6 is 0 Å². The minimum atomic E-state index is -0.0179. The largest absolute Gasteiger partial charge is 0.286 e. The summed E-state index contributed by atoms with van der Waals surface area (Å²) in [4.78, 5) is 26.2. The molecule has 5 nitrogen and oxygen atoms in total. The first-order valence-electron chi connectivity index (χ1n) is 7.06. The van der Waals surface area contributed by atoms with E-state index in [1.54, 1.807) is 10.8 Å². The Labute approximate surface area is 124 Å². The molecule has 5 rings (SSSR count). The molecule has 0 bridgehead atoms. The van der Waals surface area contributed by atoms with E-state index in [0.29, 0.717) is 28.9 Å². The molecule has 0 unspecified atom stereocenters. The van der Waals surface area contributed by atoms with Gasteiger partial charge in [-0.05, 0) is 30.3 Å². The lowest BCUT2D eigenvalue weighted by atomic mass is 10.1. The van der Waals surface area contributed by atoms with Crippen LogP contribution in [0, 0.1) is 0 Å². The second-order valence-electron chi connectivity index (χ2n) is 5.39. The molecule has 4 aromatic rings. The molecule has 1 aromatic carbocycles. The molecule has 0 saturated heterocycles. The van der Waals surface area contributed by atoms with Crippen molar-refractivity contribution in [2.24, 2.45) is 0 Å². The van der Waals surface area contributed by atoms with Crippen molar-refractivity contribution in [1.82, 2.24) is 19.5 Å². The highest BCUT2D eigenvalue weighted by Crippen LogP contribution is 2.30. The van der Waals surface area contributed by atoms with Crippen LogP contribution in [0.5, 0.6) is 0 Å². The summed E-state index contributed by atoms with van der Waals surface area (Å²) in [5, 5.41) is 1.62. The van der Waals surface area contributed by atoms with Gasteiger partial charge in [-0.2, -0.15) is 0 Å². The van der Waals surface area contributed by atoms with Crippen LogP contribution in [0.25, 0.3) is 33.5 Å². The van der Waals surface area contributed by atoms with E-state index in [9.17, 15) is 4.79 Å². The van der Waals surface area contributed by atoms with Crippen LogP contribution in [0.4, 0.5) is 0 Å². The maximum absolute atomic E-state index is 12.7. The molecular weight excluding hydrogens is 276 g/mol. The Morgan fingerprint density at radius 3 is 2.91 bits per heavy atom. The summed E-state index contributed by atoms with van der Waals surface area (Å²) in [5.41, 5.74) is 3.14. The van der Waals surface area contributed by atoms with Crippen molar-refractivity contribution in [3.05, 3.63) is 64.6 Å². The first kappa shape index (κ1) is 11.6. The molecule has 1 aliphatic heterocycles. The molecule has 0 amide bonds. The van der Waals surface area contributed by atoms with E-state index >= 15 is 0 Å². The van der Waals surface area contributed by atoms with Crippen LogP contribution in [-0.2, 0) is 6.54 Å². The molecule has 22 heavy (non-hydrogen) atoms. The number of hydrogen-bond donors (Lipinski definition) is 0. The number of benzene rings is 1. The number of fused-ring (bicyclic) bond motifs is 5. The van der Waals surface area contributed by atoms with E-state index in [4.69, 9.17) is 0 Å². The van der Waals surface area contributed by atoms with Crippen molar-refractivity contribution in [1.29, 1.82) is 0 Å². The Kier molecular flexibility index (Phi) is 2.09. The lowest BCUT2D eigenvalue weighted by Gasteiger charge is -2.04. The van der Waals surface area contributed by atoms with Crippen LogP contribution in [0.15, 0.2) is 53.5 Å². The van der Waals surface area contributed by atoms with Gasteiger partial charge in [0, 0.05) is 17.1 Å². The lowest BCUT2D eigenvalue weighted by Crippen LogP contribution is -2.20. The third-order valence-electron chi connectivity index (χ3n) is 4.07. The number of pyridine rings is 2. The number of para-hydroxylation sites is 1. The summed E-state index contributed by atoms with van der Waals surface area (Å²) in [5.74, 6) is 0.631. The van der Waals surface area contributed by atoms with Gasteiger partial charge < -0.3 is 0 Å². The van der Waals surface area contributed by atoms with Crippen molar-refractivity contribution in [2.75, 3.05) is 0 Å². The Morgan fingerprint density at radius 2 is 1.95 bits per heavy atom. The molecule has 0 radical (unpaired) electrons. The molecule has 1 aliphatic rings. The summed E-state index contributed by atoms with van der Waals surface area (Å²) in [7, 11) is 0. The number of rotatable bonds is 0. The topological polar surface area (TPSA) is 60.7 Å². The third-order valence-corrected chi connectivity index (χ3v) is 4.07. The van der Waals surface area contributed by atoms with Crippen LogP contribution in [0.2, 0.25) is 0 Å². The minimum absolute atomic E-state index is 0.0179. The molecule has 3 aromatic heterocycles. The van der Waals surface area contributed by atoms with Crippen LogP contribution in [-0.4, -0.2) is 19.5 Å². The van der Waals surface area contributed by atoms with Gasteiger partial charge in [-0.3, -0.25) is 9.36 Å². The highest BCUT2D eigenvalue weighted by molar-refractivity contribution is 5.83. The predicted octanol–water partition coefficient (Wildman–Crippen LogP) is 2.37. The lowest BCUT2D eigenvalue weighted by molar-refractivity contribution is 0.797. The van der Waals surface area contributed by atoms with Crippen molar-refractivity contribution in [2.45, 2.75) is 6.54 Å². The first-order valence-corrected chi connectivity index (χ1v) is 7.06. The first-order chi connectivity index (χ1) is 10.8. The molecule has 0 atom stereocenters. The normalized spacial score (nSPS) is 12.5. The Bertz CT molecular complexity index is 1130. The quantitative estimate of drug-likeness (QED) is 0.438. The molecule has 0 saturated carbocycles. The standard InChI is InChI=1S/C17H10N4O/c22-17-12-5-1-2-6-13(12)19-16-14-11(9-21(16)17)8-10-4-3-7-18-15(10)20-14/h1-8H,9H2. The van der Waals surface area contributed by atoms with E-state index in [1.807, 2.05) is 42.5 Å². The molecule has 5 heteroatoms. The summed E-state index contributed by atoms with van der Waals surface area (Å²) in [6, 6.07) is 13.3. The molecular formula is C17H10N4O. The van der Waals surface area contributed by atoms with Gasteiger partial charge >= 0.3 is 0 Å². The van der Waals surface area contributed by atoms with Crippen molar-refractivity contribution in [3.8, 4) is 11.5 Å². The summed E-state index contributed by atoms with van der Waals surface area (Å²) in [6.07, 6.45) is 1.72. The maximum atomic E-state index is 12.7. The Balaban J connectivity index is 1.90. The zero-order valence-electron chi connectivity index (χ0n) is 11.5. The van der Waals surface area contributed by atoms with E-state index < -0.39 is 0 Å². The smallest absolute Gasteiger partial charge is 0.262 e. The van der Waals surface area contributed by atoms with Crippen LogP contribution in [0.1, 0.15) is 5.56 Å². The highest BCUT2D eigenvalue weighted by atomic mass is 16.1. The Morgan fingerprint density at radius 1 is 1.05 bits per heavy atom. The van der Waals surface area contributed by atoms with Gasteiger partial charge in [-0.1, -0.05) is 12.1 Å². The average molecular weight is 286 g/mol. The fraction of sp³-hybridized carbons (Fsp3) is 0.0588. The van der Waals surface area contributed by atoms with Crippen molar-refractivity contribution in [3.63, 3.8) is 0 Å². The van der Waals surface area contributed by atoms with Gasteiger partial charge in [0.2, 0.25) is 0 Å². The monoisotopic (exact) mass is 286 g/mol. The fourth-order valence-electron chi connectivity index (χ4n) is 3.03. The van der Waals surface area contributed by atoms with Crippen molar-refractivity contribution >= 4 is 21.9 Å². The number of aromatic nitrogens is 4. The molecule has 104 valence electrons. The third kappa shape index (κ3) is 1.42. The predicted molar refractivity (Wildman–Crippen MR) is 83.6 cm³/mol. The van der Waals surface area contributed by atoms with Gasteiger partial charge in [0.25, 0.3) is 5.56 Å². The van der Waals surface area contributed by atoms with Gasteiger partial charge in [-0.25, -0.2) is 15.0 Å². The van der Waals surface area contributed by atoms with Crippen LogP contribution in [0.3, 0.4) is 0 Å². The van der Waals surface area contributed by atoms with E-state index in [1.165, 1.54) is 0 Å². The van der Waals surface area contributed by atoms with Gasteiger partial charge in [-0.15, -0.1) is 0 Å². The Hall–Kier alpha value is -3.08. The highest BCUT2D eigenvalue weighted by Gasteiger charge is 2.24. The summed E-state index contributed by atoms with van der Waals surface area (Å²) in [6.45, 7) is 0.513. The SMILES string of the molecule is O=c1c2ccccc2nc2n1Cc1cc3cccnc3nc1-2. The minimum Gasteiger partial charge on any atom is -0.286 e. The van der Waals surface area contributed by atoms with E-state index in [0.717, 1.165) is 16.6 Å². The summed E-state index contributed by atoms with van der Waals surface area (Å²) >= 11 is 0. The van der Waals surface area contributed by atoms with E-state index in [-0.39, 0.29) is 5.56 Å². The number of hydrogen-bond acceptors (Lipinski definition) is 4. The van der Waals surface area contributed by atoms with Crippen LogP contribution < -0.4 is 5.56 Å². The molecule has 0 fully saturated rings.